The van der Waals surface area contributed by atoms with Gasteiger partial charge in [0.05, 0.1) is 22.0 Å². The van der Waals surface area contributed by atoms with E-state index in [2.05, 4.69) is 5.32 Å². The summed E-state index contributed by atoms with van der Waals surface area (Å²) in [6, 6.07) is 2.74. The van der Waals surface area contributed by atoms with E-state index in [9.17, 15) is 21.6 Å². The largest absolute Gasteiger partial charge is 0.416 e. The number of benzene rings is 1. The van der Waals surface area contributed by atoms with E-state index in [0.29, 0.717) is 0 Å². The lowest BCUT2D eigenvalue weighted by Gasteiger charge is -2.11. The van der Waals surface area contributed by atoms with Crippen molar-refractivity contribution in [1.82, 2.24) is 0 Å². The summed E-state index contributed by atoms with van der Waals surface area (Å²) in [6.45, 7) is -0.125. The van der Waals surface area contributed by atoms with Crippen LogP contribution in [0.1, 0.15) is 5.56 Å². The van der Waals surface area contributed by atoms with Gasteiger partial charge in [0.2, 0.25) is 10.0 Å². The standard InChI is InChI=1S/C9H10ClF3N2O2S/c10-7-2-1-6(9(11,12)13)5-8(7)15-3-4-18(14,16)17/h1-2,5,15H,3-4H2,(H2,14,16,17). The molecule has 1 aromatic rings. The highest BCUT2D eigenvalue weighted by Gasteiger charge is 2.30. The zero-order valence-electron chi connectivity index (χ0n) is 8.96. The number of hydrogen-bond donors (Lipinski definition) is 2. The molecule has 0 aromatic heterocycles. The third-order valence-corrected chi connectivity index (χ3v) is 3.10. The predicted octanol–water partition coefficient (Wildman–Crippen LogP) is 2.06. The molecule has 0 bridgehead atoms. The molecule has 4 nitrogen and oxygen atoms in total. The minimum Gasteiger partial charge on any atom is -0.383 e. The maximum absolute atomic E-state index is 12.4. The molecule has 1 aromatic carbocycles. The van der Waals surface area contributed by atoms with Crippen molar-refractivity contribution >= 4 is 27.3 Å². The zero-order valence-corrected chi connectivity index (χ0v) is 10.5. The molecule has 0 unspecified atom stereocenters. The third kappa shape index (κ3) is 4.71. The molecule has 0 heterocycles. The summed E-state index contributed by atoms with van der Waals surface area (Å²) in [5, 5.41) is 7.31. The number of primary sulfonamides is 1. The van der Waals surface area contributed by atoms with Gasteiger partial charge in [-0.15, -0.1) is 0 Å². The Morgan fingerprint density at radius 2 is 1.94 bits per heavy atom. The minimum absolute atomic E-state index is 0.00939. The summed E-state index contributed by atoms with van der Waals surface area (Å²) in [6.07, 6.45) is -4.49. The first kappa shape index (κ1) is 15.1. The van der Waals surface area contributed by atoms with E-state index in [4.69, 9.17) is 16.7 Å². The minimum atomic E-state index is -4.49. The summed E-state index contributed by atoms with van der Waals surface area (Å²) >= 11 is 5.69. The highest BCUT2D eigenvalue weighted by Crippen LogP contribution is 2.33. The number of sulfonamides is 1. The quantitative estimate of drug-likeness (QED) is 0.894. The van der Waals surface area contributed by atoms with Crippen molar-refractivity contribution in [3.05, 3.63) is 28.8 Å². The van der Waals surface area contributed by atoms with Gasteiger partial charge in [0.25, 0.3) is 0 Å². The highest BCUT2D eigenvalue weighted by atomic mass is 35.5. The van der Waals surface area contributed by atoms with Crippen LogP contribution in [0.2, 0.25) is 5.02 Å². The molecule has 0 atom stereocenters. The molecule has 0 radical (unpaired) electrons. The van der Waals surface area contributed by atoms with Crippen molar-refractivity contribution in [3.8, 4) is 0 Å². The molecule has 0 amide bonds. The highest BCUT2D eigenvalue weighted by molar-refractivity contribution is 7.89. The molecule has 18 heavy (non-hydrogen) atoms. The van der Waals surface area contributed by atoms with E-state index in [1.165, 1.54) is 0 Å². The second kappa shape index (κ2) is 5.33. The van der Waals surface area contributed by atoms with Crippen LogP contribution in [0.3, 0.4) is 0 Å². The first-order valence-corrected chi connectivity index (χ1v) is 6.80. The second-order valence-corrected chi connectivity index (χ2v) is 5.63. The summed E-state index contributed by atoms with van der Waals surface area (Å²) in [5.74, 6) is -0.403. The van der Waals surface area contributed by atoms with Crippen LogP contribution in [-0.4, -0.2) is 20.7 Å². The average Bonchev–Trinajstić information content (AvgIpc) is 2.17. The molecule has 102 valence electrons. The van der Waals surface area contributed by atoms with Gasteiger partial charge in [0.15, 0.2) is 0 Å². The topological polar surface area (TPSA) is 72.2 Å². The Hall–Kier alpha value is -0.990. The molecule has 0 saturated carbocycles. The summed E-state index contributed by atoms with van der Waals surface area (Å²) in [4.78, 5) is 0. The Balaban J connectivity index is 2.82. The number of nitrogens with one attached hydrogen (secondary N) is 1. The average molecular weight is 303 g/mol. The van der Waals surface area contributed by atoms with Crippen LogP contribution < -0.4 is 10.5 Å². The third-order valence-electron chi connectivity index (χ3n) is 2.00. The molecule has 9 heteroatoms. The maximum atomic E-state index is 12.4. The van der Waals surface area contributed by atoms with Gasteiger partial charge < -0.3 is 5.32 Å². The van der Waals surface area contributed by atoms with Crippen LogP contribution in [0.5, 0.6) is 0 Å². The Morgan fingerprint density at radius 3 is 2.44 bits per heavy atom. The molecular formula is C9H10ClF3N2O2S. The van der Waals surface area contributed by atoms with Crippen LogP contribution in [0.4, 0.5) is 18.9 Å². The molecule has 3 N–H and O–H groups in total. The normalized spacial score (nSPS) is 12.5. The first-order chi connectivity index (χ1) is 8.09. The molecule has 1 rings (SSSR count). The fourth-order valence-corrected chi connectivity index (χ4v) is 1.74. The fourth-order valence-electron chi connectivity index (χ4n) is 1.17. The van der Waals surface area contributed by atoms with Crippen molar-refractivity contribution < 1.29 is 21.6 Å². The Bertz CT molecular complexity index is 531. The molecule has 0 spiro atoms. The van der Waals surface area contributed by atoms with Gasteiger partial charge in [-0.1, -0.05) is 11.6 Å². The molecule has 0 aliphatic carbocycles. The van der Waals surface area contributed by atoms with Crippen LogP contribution in [0, 0.1) is 0 Å². The lowest BCUT2D eigenvalue weighted by Crippen LogP contribution is -2.22. The van der Waals surface area contributed by atoms with Gasteiger partial charge >= 0.3 is 6.18 Å². The SMILES string of the molecule is NS(=O)(=O)CCNc1cc(C(F)(F)F)ccc1Cl. The van der Waals surface area contributed by atoms with Crippen molar-refractivity contribution in [1.29, 1.82) is 0 Å². The van der Waals surface area contributed by atoms with Gasteiger partial charge in [-0.05, 0) is 18.2 Å². The van der Waals surface area contributed by atoms with Crippen LogP contribution >= 0.6 is 11.6 Å². The molecule has 0 saturated heterocycles. The summed E-state index contributed by atoms with van der Waals surface area (Å²) < 4.78 is 58.6. The fraction of sp³-hybridized carbons (Fsp3) is 0.333. The Kier molecular flexibility index (Phi) is 4.46. The molecule has 0 aliphatic heterocycles. The summed E-state index contributed by atoms with van der Waals surface area (Å²) in [5.41, 5.74) is -0.861. The number of nitrogens with two attached hydrogens (primary N) is 1. The number of halogens is 4. The van der Waals surface area contributed by atoms with Gasteiger partial charge in [-0.3, -0.25) is 0 Å². The van der Waals surface area contributed by atoms with E-state index in [1.54, 1.807) is 0 Å². The monoisotopic (exact) mass is 302 g/mol. The molecule has 0 fully saturated rings. The van der Waals surface area contributed by atoms with E-state index in [-0.39, 0.29) is 17.3 Å². The number of hydrogen-bond acceptors (Lipinski definition) is 3. The van der Waals surface area contributed by atoms with Crippen molar-refractivity contribution in [2.75, 3.05) is 17.6 Å². The smallest absolute Gasteiger partial charge is 0.383 e. The maximum Gasteiger partial charge on any atom is 0.416 e. The summed E-state index contributed by atoms with van der Waals surface area (Å²) in [7, 11) is -3.67. The number of rotatable bonds is 4. The molecular weight excluding hydrogens is 293 g/mol. The van der Waals surface area contributed by atoms with Gasteiger partial charge in [-0.25, -0.2) is 13.6 Å². The van der Waals surface area contributed by atoms with Crippen LogP contribution in [0.25, 0.3) is 0 Å². The van der Waals surface area contributed by atoms with E-state index in [1.807, 2.05) is 0 Å². The van der Waals surface area contributed by atoms with Crippen LogP contribution in [-0.2, 0) is 16.2 Å². The first-order valence-electron chi connectivity index (χ1n) is 4.71. The van der Waals surface area contributed by atoms with Crippen molar-refractivity contribution in [2.45, 2.75) is 6.18 Å². The second-order valence-electron chi connectivity index (χ2n) is 3.49. The van der Waals surface area contributed by atoms with E-state index >= 15 is 0 Å². The predicted molar refractivity (Wildman–Crippen MR) is 62.9 cm³/mol. The van der Waals surface area contributed by atoms with Gasteiger partial charge in [0.1, 0.15) is 0 Å². The Labute approximate surface area is 107 Å². The van der Waals surface area contributed by atoms with Crippen molar-refractivity contribution in [2.24, 2.45) is 5.14 Å². The van der Waals surface area contributed by atoms with Crippen LogP contribution in [0.15, 0.2) is 18.2 Å². The van der Waals surface area contributed by atoms with Gasteiger partial charge in [-0.2, -0.15) is 13.2 Å². The zero-order chi connectivity index (χ0) is 14.0. The van der Waals surface area contributed by atoms with Crippen molar-refractivity contribution in [3.63, 3.8) is 0 Å². The Morgan fingerprint density at radius 1 is 1.33 bits per heavy atom. The van der Waals surface area contributed by atoms with E-state index in [0.717, 1.165) is 18.2 Å². The number of anilines is 1. The number of alkyl halides is 3. The molecule has 0 aliphatic rings. The lowest BCUT2D eigenvalue weighted by atomic mass is 10.2. The van der Waals surface area contributed by atoms with Gasteiger partial charge in [0, 0.05) is 6.54 Å². The lowest BCUT2D eigenvalue weighted by molar-refractivity contribution is -0.137. The van der Waals surface area contributed by atoms with E-state index < -0.39 is 27.5 Å².